The van der Waals surface area contributed by atoms with Crippen LogP contribution in [0.15, 0.2) is 18.2 Å². The smallest absolute Gasteiger partial charge is 0.233 e. The number of hydrogen-bond donors (Lipinski definition) is 2. The van der Waals surface area contributed by atoms with Crippen LogP contribution >= 0.6 is 0 Å². The van der Waals surface area contributed by atoms with E-state index in [0.717, 1.165) is 17.4 Å². The monoisotopic (exact) mass is 306 g/mol. The van der Waals surface area contributed by atoms with E-state index in [1.165, 1.54) is 0 Å². The lowest BCUT2D eigenvalue weighted by Crippen LogP contribution is -2.22. The second-order valence-electron chi connectivity index (χ2n) is 4.40. The zero-order valence-electron chi connectivity index (χ0n) is 10.9. The van der Waals surface area contributed by atoms with Crippen molar-refractivity contribution in [3.63, 3.8) is 0 Å². The standard InChI is InChI=1S/C11H18N2O4S2/c1-9-3-4-10(8-12)7-11(9)13-19(16,17)6-5-18(2,14)15/h3-4,7,13H,5-6,8,12H2,1-2H3. The Hall–Kier alpha value is -1.12. The molecule has 1 aromatic carbocycles. The van der Waals surface area contributed by atoms with Crippen LogP contribution in [0.5, 0.6) is 0 Å². The lowest BCUT2D eigenvalue weighted by Gasteiger charge is -2.11. The number of sulfonamides is 1. The number of aryl methyl sites for hydroxylation is 1. The zero-order chi connectivity index (χ0) is 14.7. The molecule has 0 aromatic heterocycles. The van der Waals surface area contributed by atoms with Crippen molar-refractivity contribution in [2.45, 2.75) is 13.5 Å². The Kier molecular flexibility index (Phi) is 4.94. The number of hydrogen-bond acceptors (Lipinski definition) is 5. The Balaban J connectivity index is 2.89. The van der Waals surface area contributed by atoms with Crippen molar-refractivity contribution in [1.82, 2.24) is 0 Å². The molecule has 0 atom stereocenters. The van der Waals surface area contributed by atoms with Crippen LogP contribution in [0.1, 0.15) is 11.1 Å². The van der Waals surface area contributed by atoms with E-state index in [1.807, 2.05) is 6.07 Å². The highest BCUT2D eigenvalue weighted by Gasteiger charge is 2.15. The molecule has 0 heterocycles. The first-order valence-corrected chi connectivity index (χ1v) is 9.32. The number of nitrogens with two attached hydrogens (primary N) is 1. The van der Waals surface area contributed by atoms with Crippen molar-refractivity contribution in [3.8, 4) is 0 Å². The molecule has 0 unspecified atom stereocenters. The Labute approximate surface area is 114 Å². The molecule has 0 saturated heterocycles. The van der Waals surface area contributed by atoms with E-state index in [4.69, 9.17) is 5.73 Å². The van der Waals surface area contributed by atoms with Gasteiger partial charge < -0.3 is 5.73 Å². The van der Waals surface area contributed by atoms with Crippen LogP contribution in [0.2, 0.25) is 0 Å². The lowest BCUT2D eigenvalue weighted by molar-refractivity contribution is 0.593. The quantitative estimate of drug-likeness (QED) is 0.783. The molecule has 3 N–H and O–H groups in total. The Morgan fingerprint density at radius 3 is 2.32 bits per heavy atom. The highest BCUT2D eigenvalue weighted by Crippen LogP contribution is 2.18. The molecule has 19 heavy (non-hydrogen) atoms. The predicted molar refractivity (Wildman–Crippen MR) is 76.2 cm³/mol. The number of sulfone groups is 1. The number of anilines is 1. The van der Waals surface area contributed by atoms with Crippen LogP contribution in [0.4, 0.5) is 5.69 Å². The molecule has 0 aliphatic rings. The third-order valence-corrected chi connectivity index (χ3v) is 5.00. The summed E-state index contributed by atoms with van der Waals surface area (Å²) in [6, 6.07) is 5.22. The number of rotatable bonds is 6. The maximum absolute atomic E-state index is 11.8. The van der Waals surface area contributed by atoms with Crippen molar-refractivity contribution in [3.05, 3.63) is 29.3 Å². The minimum absolute atomic E-state index is 0.304. The van der Waals surface area contributed by atoms with Gasteiger partial charge in [-0.3, -0.25) is 4.72 Å². The molecule has 0 aliphatic carbocycles. The van der Waals surface area contributed by atoms with E-state index < -0.39 is 31.4 Å². The van der Waals surface area contributed by atoms with Gasteiger partial charge in [-0.05, 0) is 24.1 Å². The molecule has 0 spiro atoms. The van der Waals surface area contributed by atoms with Gasteiger partial charge in [-0.2, -0.15) is 0 Å². The molecule has 0 radical (unpaired) electrons. The second-order valence-corrected chi connectivity index (χ2v) is 8.51. The fourth-order valence-electron chi connectivity index (χ4n) is 1.39. The van der Waals surface area contributed by atoms with Crippen LogP contribution in [-0.2, 0) is 26.4 Å². The van der Waals surface area contributed by atoms with E-state index in [2.05, 4.69) is 4.72 Å². The van der Waals surface area contributed by atoms with Gasteiger partial charge in [0.05, 0.1) is 17.2 Å². The van der Waals surface area contributed by atoms with Crippen molar-refractivity contribution < 1.29 is 16.8 Å². The second kappa shape index (κ2) is 5.89. The van der Waals surface area contributed by atoms with Gasteiger partial charge in [-0.25, -0.2) is 16.8 Å². The number of nitrogens with one attached hydrogen (secondary N) is 1. The topological polar surface area (TPSA) is 106 Å². The molecule has 0 fully saturated rings. The Morgan fingerprint density at radius 1 is 1.16 bits per heavy atom. The molecule has 0 bridgehead atoms. The van der Waals surface area contributed by atoms with Crippen molar-refractivity contribution >= 4 is 25.5 Å². The van der Waals surface area contributed by atoms with Gasteiger partial charge in [0, 0.05) is 12.8 Å². The van der Waals surface area contributed by atoms with Gasteiger partial charge in [0.25, 0.3) is 0 Å². The van der Waals surface area contributed by atoms with E-state index in [1.54, 1.807) is 19.1 Å². The molecular weight excluding hydrogens is 288 g/mol. The summed E-state index contributed by atoms with van der Waals surface area (Å²) in [6.45, 7) is 2.06. The maximum Gasteiger partial charge on any atom is 0.233 e. The summed E-state index contributed by atoms with van der Waals surface area (Å²) in [6.07, 6.45) is 1.00. The SMILES string of the molecule is Cc1ccc(CN)cc1NS(=O)(=O)CCS(C)(=O)=O. The van der Waals surface area contributed by atoms with Crippen LogP contribution in [0, 0.1) is 6.92 Å². The van der Waals surface area contributed by atoms with Crippen LogP contribution in [-0.4, -0.2) is 34.6 Å². The van der Waals surface area contributed by atoms with Crippen molar-refractivity contribution in [2.75, 3.05) is 22.5 Å². The van der Waals surface area contributed by atoms with Crippen LogP contribution < -0.4 is 10.5 Å². The van der Waals surface area contributed by atoms with Crippen molar-refractivity contribution in [1.29, 1.82) is 0 Å². The highest BCUT2D eigenvalue weighted by atomic mass is 32.2. The molecule has 6 nitrogen and oxygen atoms in total. The molecule has 8 heteroatoms. The normalized spacial score (nSPS) is 12.4. The van der Waals surface area contributed by atoms with Crippen LogP contribution in [0.25, 0.3) is 0 Å². The summed E-state index contributed by atoms with van der Waals surface area (Å²) in [4.78, 5) is 0. The summed E-state index contributed by atoms with van der Waals surface area (Å²) in [5.41, 5.74) is 7.47. The van der Waals surface area contributed by atoms with Gasteiger partial charge in [0.15, 0.2) is 0 Å². The minimum Gasteiger partial charge on any atom is -0.326 e. The molecule has 1 aromatic rings. The Morgan fingerprint density at radius 2 is 1.79 bits per heavy atom. The van der Waals surface area contributed by atoms with E-state index in [9.17, 15) is 16.8 Å². The first-order chi connectivity index (χ1) is 8.63. The molecule has 0 saturated carbocycles. The average molecular weight is 306 g/mol. The van der Waals surface area contributed by atoms with E-state index in [0.29, 0.717) is 12.2 Å². The fourth-order valence-corrected chi connectivity index (χ4v) is 4.13. The van der Waals surface area contributed by atoms with Gasteiger partial charge in [0.1, 0.15) is 9.84 Å². The predicted octanol–water partition coefficient (Wildman–Crippen LogP) is 0.240. The van der Waals surface area contributed by atoms with Gasteiger partial charge in [-0.1, -0.05) is 12.1 Å². The summed E-state index contributed by atoms with van der Waals surface area (Å²) < 4.78 is 47.9. The number of benzene rings is 1. The first-order valence-electron chi connectivity index (χ1n) is 5.61. The Bertz CT molecular complexity index is 651. The molecule has 0 aliphatic heterocycles. The summed E-state index contributed by atoms with van der Waals surface area (Å²) in [7, 11) is -7.00. The average Bonchev–Trinajstić information content (AvgIpc) is 2.29. The highest BCUT2D eigenvalue weighted by molar-refractivity contribution is 7.95. The molecule has 0 amide bonds. The molecule has 1 rings (SSSR count). The van der Waals surface area contributed by atoms with Crippen LogP contribution in [0.3, 0.4) is 0 Å². The van der Waals surface area contributed by atoms with Gasteiger partial charge in [0.2, 0.25) is 10.0 Å². The largest absolute Gasteiger partial charge is 0.326 e. The zero-order valence-corrected chi connectivity index (χ0v) is 12.5. The minimum atomic E-state index is -3.69. The van der Waals surface area contributed by atoms with Gasteiger partial charge in [-0.15, -0.1) is 0 Å². The first kappa shape index (κ1) is 15.9. The third-order valence-electron chi connectivity index (χ3n) is 2.53. The maximum atomic E-state index is 11.8. The van der Waals surface area contributed by atoms with E-state index >= 15 is 0 Å². The lowest BCUT2D eigenvalue weighted by atomic mass is 10.1. The summed E-state index contributed by atoms with van der Waals surface area (Å²) in [5, 5.41) is 0. The molecular formula is C11H18N2O4S2. The summed E-state index contributed by atoms with van der Waals surface area (Å²) >= 11 is 0. The molecule has 108 valence electrons. The summed E-state index contributed by atoms with van der Waals surface area (Å²) in [5.74, 6) is -0.865. The third kappa shape index (κ3) is 5.58. The van der Waals surface area contributed by atoms with E-state index in [-0.39, 0.29) is 0 Å². The van der Waals surface area contributed by atoms with Crippen molar-refractivity contribution in [2.24, 2.45) is 5.73 Å². The fraction of sp³-hybridized carbons (Fsp3) is 0.455. The van der Waals surface area contributed by atoms with Gasteiger partial charge >= 0.3 is 0 Å².